The molecule has 1 aromatic rings. The van der Waals surface area contributed by atoms with Crippen molar-refractivity contribution in [3.63, 3.8) is 0 Å². The molecule has 1 atom stereocenters. The van der Waals surface area contributed by atoms with Crippen LogP contribution >= 0.6 is 11.3 Å². The highest BCUT2D eigenvalue weighted by molar-refractivity contribution is 7.13. The Balaban J connectivity index is 1.79. The molecular formula is C12H20N4OS. The molecule has 5 nitrogen and oxygen atoms in total. The molecule has 1 unspecified atom stereocenters. The molecule has 3 N–H and O–H groups in total. The average molecular weight is 268 g/mol. The zero-order chi connectivity index (χ0) is 13.0. The van der Waals surface area contributed by atoms with E-state index in [1.807, 2.05) is 6.92 Å². The van der Waals surface area contributed by atoms with Gasteiger partial charge in [-0.2, -0.15) is 0 Å². The minimum Gasteiger partial charge on any atom is -0.375 e. The van der Waals surface area contributed by atoms with Crippen molar-refractivity contribution in [3.8, 4) is 0 Å². The van der Waals surface area contributed by atoms with Crippen LogP contribution in [0.15, 0.2) is 5.38 Å². The molecule has 18 heavy (non-hydrogen) atoms. The van der Waals surface area contributed by atoms with Crippen molar-refractivity contribution in [2.75, 3.05) is 25.4 Å². The first-order valence-electron chi connectivity index (χ1n) is 6.39. The second-order valence-corrected chi connectivity index (χ2v) is 5.70. The second-order valence-electron chi connectivity index (χ2n) is 4.81. The number of carbonyl (C=O) groups is 1. The van der Waals surface area contributed by atoms with Crippen molar-refractivity contribution in [1.82, 2.24) is 15.2 Å². The van der Waals surface area contributed by atoms with Crippen LogP contribution < -0.4 is 11.1 Å². The van der Waals surface area contributed by atoms with Crippen LogP contribution in [0.5, 0.6) is 0 Å². The molecule has 2 rings (SSSR count). The predicted octanol–water partition coefficient (Wildman–Crippen LogP) is 1.33. The number of hydrogen-bond donors (Lipinski definition) is 2. The SMILES string of the molecule is CC(CN1CCCCC1)NC(=O)c1csc(N)n1. The number of carbonyl (C=O) groups excluding carboxylic acids is 1. The molecule has 0 spiro atoms. The first-order valence-corrected chi connectivity index (χ1v) is 7.27. The lowest BCUT2D eigenvalue weighted by Gasteiger charge is -2.29. The summed E-state index contributed by atoms with van der Waals surface area (Å²) in [4.78, 5) is 18.3. The first-order chi connectivity index (χ1) is 8.65. The van der Waals surface area contributed by atoms with Gasteiger partial charge in [0.25, 0.3) is 5.91 Å². The molecule has 0 radical (unpaired) electrons. The fourth-order valence-corrected chi connectivity index (χ4v) is 2.81. The van der Waals surface area contributed by atoms with Gasteiger partial charge >= 0.3 is 0 Å². The van der Waals surface area contributed by atoms with Gasteiger partial charge in [0.2, 0.25) is 0 Å². The van der Waals surface area contributed by atoms with Crippen LogP contribution in [0.2, 0.25) is 0 Å². The molecule has 0 aromatic carbocycles. The Labute approximate surface area is 111 Å². The van der Waals surface area contributed by atoms with Gasteiger partial charge < -0.3 is 16.0 Å². The molecular weight excluding hydrogens is 248 g/mol. The van der Waals surface area contributed by atoms with E-state index < -0.39 is 0 Å². The monoisotopic (exact) mass is 268 g/mol. The number of aromatic nitrogens is 1. The number of anilines is 1. The van der Waals surface area contributed by atoms with Crippen LogP contribution in [0.4, 0.5) is 5.13 Å². The summed E-state index contributed by atoms with van der Waals surface area (Å²) in [5.41, 5.74) is 5.94. The summed E-state index contributed by atoms with van der Waals surface area (Å²) >= 11 is 1.29. The highest BCUT2D eigenvalue weighted by Crippen LogP contribution is 2.11. The Morgan fingerprint density at radius 2 is 2.28 bits per heavy atom. The summed E-state index contributed by atoms with van der Waals surface area (Å²) in [6, 6.07) is 0.138. The third-order valence-corrected chi connectivity index (χ3v) is 3.79. The first kappa shape index (κ1) is 13.3. The average Bonchev–Trinajstić information content (AvgIpc) is 2.77. The molecule has 1 aliphatic heterocycles. The number of nitrogens with one attached hydrogen (secondary N) is 1. The third-order valence-electron chi connectivity index (χ3n) is 3.11. The Morgan fingerprint density at radius 3 is 2.89 bits per heavy atom. The van der Waals surface area contributed by atoms with Gasteiger partial charge in [0.15, 0.2) is 5.13 Å². The zero-order valence-corrected chi connectivity index (χ0v) is 11.5. The Morgan fingerprint density at radius 1 is 1.56 bits per heavy atom. The van der Waals surface area contributed by atoms with E-state index in [1.54, 1.807) is 5.38 Å². The molecule has 1 aromatic heterocycles. The van der Waals surface area contributed by atoms with Crippen molar-refractivity contribution < 1.29 is 4.79 Å². The summed E-state index contributed by atoms with van der Waals surface area (Å²) in [6.07, 6.45) is 3.86. The molecule has 0 saturated carbocycles. The van der Waals surface area contributed by atoms with Gasteiger partial charge in [0.05, 0.1) is 0 Å². The minimum atomic E-state index is -0.132. The van der Waals surface area contributed by atoms with Crippen LogP contribution in [0.3, 0.4) is 0 Å². The highest BCUT2D eigenvalue weighted by atomic mass is 32.1. The molecule has 1 aliphatic rings. The summed E-state index contributed by atoms with van der Waals surface area (Å²) in [5, 5.41) is 5.09. The number of nitrogens with zero attached hydrogens (tertiary/aromatic N) is 2. The quantitative estimate of drug-likeness (QED) is 0.864. The molecule has 1 fully saturated rings. The minimum absolute atomic E-state index is 0.132. The number of nitrogen functional groups attached to an aromatic ring is 1. The lowest BCUT2D eigenvalue weighted by atomic mass is 10.1. The van der Waals surface area contributed by atoms with Gasteiger partial charge in [-0.05, 0) is 32.9 Å². The van der Waals surface area contributed by atoms with Crippen LogP contribution in [-0.2, 0) is 0 Å². The maximum absolute atomic E-state index is 11.9. The number of piperidine rings is 1. The second kappa shape index (κ2) is 6.15. The maximum atomic E-state index is 11.9. The summed E-state index contributed by atoms with van der Waals surface area (Å²) in [6.45, 7) is 5.22. The smallest absolute Gasteiger partial charge is 0.271 e. The molecule has 0 bridgehead atoms. The number of hydrogen-bond acceptors (Lipinski definition) is 5. The Bertz CT molecular complexity index is 401. The molecule has 1 amide bonds. The van der Waals surface area contributed by atoms with Crippen molar-refractivity contribution in [2.45, 2.75) is 32.2 Å². The number of amides is 1. The van der Waals surface area contributed by atoms with Gasteiger partial charge in [-0.15, -0.1) is 11.3 Å². The molecule has 2 heterocycles. The van der Waals surface area contributed by atoms with Gasteiger partial charge in [0.1, 0.15) is 5.69 Å². The Kier molecular flexibility index (Phi) is 4.54. The molecule has 1 saturated heterocycles. The van der Waals surface area contributed by atoms with Gasteiger partial charge in [-0.1, -0.05) is 6.42 Å². The number of rotatable bonds is 4. The number of nitrogens with two attached hydrogens (primary N) is 1. The van der Waals surface area contributed by atoms with E-state index in [0.717, 1.165) is 19.6 Å². The van der Waals surface area contributed by atoms with E-state index in [2.05, 4.69) is 15.2 Å². The van der Waals surface area contributed by atoms with E-state index >= 15 is 0 Å². The number of likely N-dealkylation sites (tertiary alicyclic amines) is 1. The highest BCUT2D eigenvalue weighted by Gasteiger charge is 2.16. The van der Waals surface area contributed by atoms with Crippen molar-refractivity contribution in [2.24, 2.45) is 0 Å². The van der Waals surface area contributed by atoms with E-state index in [4.69, 9.17) is 5.73 Å². The molecule has 0 aliphatic carbocycles. The zero-order valence-electron chi connectivity index (χ0n) is 10.7. The summed E-state index contributed by atoms with van der Waals surface area (Å²) in [7, 11) is 0. The van der Waals surface area contributed by atoms with E-state index in [9.17, 15) is 4.79 Å². The summed E-state index contributed by atoms with van der Waals surface area (Å²) < 4.78 is 0. The van der Waals surface area contributed by atoms with E-state index in [0.29, 0.717) is 10.8 Å². The van der Waals surface area contributed by atoms with Crippen LogP contribution in [0.25, 0.3) is 0 Å². The van der Waals surface area contributed by atoms with E-state index in [1.165, 1.54) is 30.6 Å². The van der Waals surface area contributed by atoms with Gasteiger partial charge in [0, 0.05) is 18.0 Å². The van der Waals surface area contributed by atoms with E-state index in [-0.39, 0.29) is 11.9 Å². The largest absolute Gasteiger partial charge is 0.375 e. The standard InChI is InChI=1S/C12H20N4OS/c1-9(7-16-5-3-2-4-6-16)14-11(17)10-8-18-12(13)15-10/h8-9H,2-7H2,1H3,(H2,13,15)(H,14,17). The Hall–Kier alpha value is -1.14. The number of thiazole rings is 1. The van der Waals surface area contributed by atoms with Crippen LogP contribution in [0, 0.1) is 0 Å². The van der Waals surface area contributed by atoms with Crippen molar-refractivity contribution >= 4 is 22.4 Å². The van der Waals surface area contributed by atoms with Crippen LogP contribution in [0.1, 0.15) is 36.7 Å². The third kappa shape index (κ3) is 3.68. The van der Waals surface area contributed by atoms with Crippen molar-refractivity contribution in [1.29, 1.82) is 0 Å². The lowest BCUT2D eigenvalue weighted by Crippen LogP contribution is -2.43. The fourth-order valence-electron chi connectivity index (χ4n) is 2.26. The lowest BCUT2D eigenvalue weighted by molar-refractivity contribution is 0.0921. The maximum Gasteiger partial charge on any atom is 0.271 e. The van der Waals surface area contributed by atoms with Crippen molar-refractivity contribution in [3.05, 3.63) is 11.1 Å². The van der Waals surface area contributed by atoms with Gasteiger partial charge in [-0.25, -0.2) is 4.98 Å². The topological polar surface area (TPSA) is 71.2 Å². The fraction of sp³-hybridized carbons (Fsp3) is 0.667. The predicted molar refractivity (Wildman–Crippen MR) is 73.7 cm³/mol. The molecule has 100 valence electrons. The summed E-state index contributed by atoms with van der Waals surface area (Å²) in [5.74, 6) is -0.132. The molecule has 6 heteroatoms. The normalized spacial score (nSPS) is 18.5. The van der Waals surface area contributed by atoms with Gasteiger partial charge in [-0.3, -0.25) is 4.79 Å². The van der Waals surface area contributed by atoms with Crippen LogP contribution in [-0.4, -0.2) is 41.5 Å².